The first-order chi connectivity index (χ1) is 8.75. The van der Waals surface area contributed by atoms with Gasteiger partial charge in [0, 0.05) is 42.5 Å². The van der Waals surface area contributed by atoms with Gasteiger partial charge in [-0.15, -0.1) is 11.3 Å². The highest BCUT2D eigenvalue weighted by molar-refractivity contribution is 7.15. The summed E-state index contributed by atoms with van der Waals surface area (Å²) in [5.74, 6) is 0. The van der Waals surface area contributed by atoms with Gasteiger partial charge in [-0.05, 0) is 20.0 Å². The standard InChI is InChI=1S/C13H18N4S/c1-9-12(11-8-15-5-6-17(11)2)18-13(16-9)10-3-4-14-7-10/h3-4,7,11,14-15H,5-6,8H2,1-2H3. The van der Waals surface area contributed by atoms with E-state index in [1.54, 1.807) is 0 Å². The largest absolute Gasteiger partial charge is 0.367 e. The van der Waals surface area contributed by atoms with Crippen molar-refractivity contribution in [3.05, 3.63) is 29.0 Å². The first-order valence-corrected chi connectivity index (χ1v) is 7.09. The first-order valence-electron chi connectivity index (χ1n) is 6.27. The average Bonchev–Trinajstić information content (AvgIpc) is 2.99. The lowest BCUT2D eigenvalue weighted by atomic mass is 10.1. The molecular weight excluding hydrogens is 244 g/mol. The molecule has 0 radical (unpaired) electrons. The molecular formula is C13H18N4S. The van der Waals surface area contributed by atoms with Crippen LogP contribution in [0.2, 0.25) is 0 Å². The van der Waals surface area contributed by atoms with Crippen molar-refractivity contribution in [1.82, 2.24) is 20.2 Å². The number of aryl methyl sites for hydroxylation is 1. The molecule has 4 nitrogen and oxygen atoms in total. The van der Waals surface area contributed by atoms with E-state index in [-0.39, 0.29) is 0 Å². The Morgan fingerprint density at radius 1 is 1.50 bits per heavy atom. The van der Waals surface area contributed by atoms with E-state index in [9.17, 15) is 0 Å². The van der Waals surface area contributed by atoms with Crippen LogP contribution >= 0.6 is 11.3 Å². The molecule has 5 heteroatoms. The molecule has 0 bridgehead atoms. The third kappa shape index (κ3) is 2.09. The molecule has 2 N–H and O–H groups in total. The van der Waals surface area contributed by atoms with Gasteiger partial charge in [0.05, 0.1) is 11.7 Å². The molecule has 0 amide bonds. The summed E-state index contributed by atoms with van der Waals surface area (Å²) < 4.78 is 0. The number of aromatic nitrogens is 2. The van der Waals surface area contributed by atoms with Crippen LogP contribution in [0.25, 0.3) is 10.6 Å². The first kappa shape index (κ1) is 11.9. The summed E-state index contributed by atoms with van der Waals surface area (Å²) in [6, 6.07) is 2.54. The lowest BCUT2D eigenvalue weighted by Gasteiger charge is -2.32. The fourth-order valence-corrected chi connectivity index (χ4v) is 3.62. The Morgan fingerprint density at radius 3 is 3.11 bits per heavy atom. The van der Waals surface area contributed by atoms with Gasteiger partial charge in [0.15, 0.2) is 0 Å². The van der Waals surface area contributed by atoms with Crippen LogP contribution in [-0.4, -0.2) is 41.5 Å². The molecule has 1 fully saturated rings. The zero-order chi connectivity index (χ0) is 12.5. The molecule has 96 valence electrons. The quantitative estimate of drug-likeness (QED) is 0.870. The molecule has 3 heterocycles. The number of nitrogens with one attached hydrogen (secondary N) is 2. The van der Waals surface area contributed by atoms with E-state index in [1.165, 1.54) is 10.4 Å². The average molecular weight is 262 g/mol. The monoisotopic (exact) mass is 262 g/mol. The second kappa shape index (κ2) is 4.84. The molecule has 2 aromatic rings. The normalized spacial score (nSPS) is 21.3. The second-order valence-corrected chi connectivity index (χ2v) is 5.80. The molecule has 0 aromatic carbocycles. The van der Waals surface area contributed by atoms with Crippen molar-refractivity contribution in [3.8, 4) is 10.6 Å². The fraction of sp³-hybridized carbons (Fsp3) is 0.462. The summed E-state index contributed by atoms with van der Waals surface area (Å²) in [5.41, 5.74) is 2.34. The lowest BCUT2D eigenvalue weighted by Crippen LogP contribution is -2.43. The Labute approximate surface area is 111 Å². The predicted molar refractivity (Wildman–Crippen MR) is 74.9 cm³/mol. The maximum Gasteiger partial charge on any atom is 0.125 e. The zero-order valence-electron chi connectivity index (χ0n) is 10.7. The lowest BCUT2D eigenvalue weighted by molar-refractivity contribution is 0.204. The third-order valence-electron chi connectivity index (χ3n) is 3.49. The highest BCUT2D eigenvalue weighted by atomic mass is 32.1. The predicted octanol–water partition coefficient (Wildman–Crippen LogP) is 2.02. The van der Waals surface area contributed by atoms with E-state index < -0.39 is 0 Å². The summed E-state index contributed by atoms with van der Waals surface area (Å²) in [7, 11) is 2.20. The second-order valence-electron chi connectivity index (χ2n) is 4.77. The molecule has 0 saturated carbocycles. The molecule has 1 aliphatic heterocycles. The Kier molecular flexibility index (Phi) is 3.20. The van der Waals surface area contributed by atoms with E-state index in [2.05, 4.69) is 35.2 Å². The zero-order valence-corrected chi connectivity index (χ0v) is 11.5. The van der Waals surface area contributed by atoms with Gasteiger partial charge in [-0.1, -0.05) is 0 Å². The summed E-state index contributed by atoms with van der Waals surface area (Å²) in [6.45, 7) is 5.31. The van der Waals surface area contributed by atoms with Gasteiger partial charge in [-0.2, -0.15) is 0 Å². The van der Waals surface area contributed by atoms with Crippen molar-refractivity contribution >= 4 is 11.3 Å². The molecule has 1 unspecified atom stereocenters. The van der Waals surface area contributed by atoms with Gasteiger partial charge in [0.25, 0.3) is 0 Å². The number of piperazine rings is 1. The van der Waals surface area contributed by atoms with Gasteiger partial charge in [0.1, 0.15) is 5.01 Å². The number of hydrogen-bond acceptors (Lipinski definition) is 4. The van der Waals surface area contributed by atoms with Crippen LogP contribution < -0.4 is 5.32 Å². The van der Waals surface area contributed by atoms with Crippen molar-refractivity contribution in [1.29, 1.82) is 0 Å². The number of hydrogen-bond donors (Lipinski definition) is 2. The van der Waals surface area contributed by atoms with Crippen LogP contribution in [0.4, 0.5) is 0 Å². The minimum absolute atomic E-state index is 0.462. The van der Waals surface area contributed by atoms with E-state index in [4.69, 9.17) is 4.98 Å². The van der Waals surface area contributed by atoms with Crippen molar-refractivity contribution in [2.75, 3.05) is 26.7 Å². The number of likely N-dealkylation sites (N-methyl/N-ethyl adjacent to an activating group) is 1. The number of aromatic amines is 1. The van der Waals surface area contributed by atoms with Crippen molar-refractivity contribution < 1.29 is 0 Å². The minimum Gasteiger partial charge on any atom is -0.367 e. The summed E-state index contributed by atoms with van der Waals surface area (Å²) in [5, 5.41) is 4.58. The van der Waals surface area contributed by atoms with Crippen LogP contribution in [0.3, 0.4) is 0 Å². The Morgan fingerprint density at radius 2 is 2.39 bits per heavy atom. The van der Waals surface area contributed by atoms with Crippen LogP contribution in [0.1, 0.15) is 16.6 Å². The van der Waals surface area contributed by atoms with E-state index in [1.807, 2.05) is 23.7 Å². The van der Waals surface area contributed by atoms with Crippen molar-refractivity contribution in [3.63, 3.8) is 0 Å². The number of H-pyrrole nitrogens is 1. The van der Waals surface area contributed by atoms with Gasteiger partial charge in [0.2, 0.25) is 0 Å². The minimum atomic E-state index is 0.462. The Bertz CT molecular complexity index is 517. The van der Waals surface area contributed by atoms with Crippen molar-refractivity contribution in [2.24, 2.45) is 0 Å². The van der Waals surface area contributed by atoms with Crippen molar-refractivity contribution in [2.45, 2.75) is 13.0 Å². The molecule has 0 aliphatic carbocycles. The number of rotatable bonds is 2. The highest BCUT2D eigenvalue weighted by Gasteiger charge is 2.25. The van der Waals surface area contributed by atoms with E-state index >= 15 is 0 Å². The Hall–Kier alpha value is -1.17. The smallest absolute Gasteiger partial charge is 0.125 e. The van der Waals surface area contributed by atoms with Crippen LogP contribution in [0.5, 0.6) is 0 Å². The fourth-order valence-electron chi connectivity index (χ4n) is 2.40. The third-order valence-corrected chi connectivity index (χ3v) is 4.80. The summed E-state index contributed by atoms with van der Waals surface area (Å²) in [4.78, 5) is 11.6. The summed E-state index contributed by atoms with van der Waals surface area (Å²) >= 11 is 1.81. The molecule has 1 saturated heterocycles. The van der Waals surface area contributed by atoms with Gasteiger partial charge in [-0.3, -0.25) is 4.90 Å². The molecule has 2 aromatic heterocycles. The van der Waals surface area contributed by atoms with Gasteiger partial charge < -0.3 is 10.3 Å². The molecule has 1 aliphatic rings. The van der Waals surface area contributed by atoms with Gasteiger partial charge in [-0.25, -0.2) is 4.98 Å². The van der Waals surface area contributed by atoms with Crippen LogP contribution in [0.15, 0.2) is 18.5 Å². The van der Waals surface area contributed by atoms with E-state index in [0.717, 1.165) is 30.3 Å². The maximum atomic E-state index is 4.71. The summed E-state index contributed by atoms with van der Waals surface area (Å²) in [6.07, 6.45) is 3.95. The SMILES string of the molecule is Cc1nc(-c2cc[nH]c2)sc1C1CNCCN1C. The Balaban J connectivity index is 1.93. The van der Waals surface area contributed by atoms with E-state index in [0.29, 0.717) is 6.04 Å². The molecule has 18 heavy (non-hydrogen) atoms. The van der Waals surface area contributed by atoms with Gasteiger partial charge >= 0.3 is 0 Å². The topological polar surface area (TPSA) is 44.0 Å². The molecule has 0 spiro atoms. The number of nitrogens with zero attached hydrogens (tertiary/aromatic N) is 2. The van der Waals surface area contributed by atoms with Crippen LogP contribution in [0, 0.1) is 6.92 Å². The maximum absolute atomic E-state index is 4.71. The molecule has 1 atom stereocenters. The van der Waals surface area contributed by atoms with Crippen LogP contribution in [-0.2, 0) is 0 Å². The molecule has 3 rings (SSSR count). The number of thiazole rings is 1. The highest BCUT2D eigenvalue weighted by Crippen LogP contribution is 2.34.